The maximum absolute atomic E-state index is 13.2. The first-order chi connectivity index (χ1) is 16.5. The maximum Gasteiger partial charge on any atom is 0.253 e. The summed E-state index contributed by atoms with van der Waals surface area (Å²) in [6.07, 6.45) is 4.26. The molecule has 3 heterocycles. The Labute approximate surface area is 198 Å². The SMILES string of the molecule is COc1ccc(C(=O)N(C)C2CCN(C)C2)cc1Nc1cncc(-c2cc3ccccc3o2)n1. The molecule has 1 N–H and O–H groups in total. The Bertz CT molecular complexity index is 1300. The number of furan rings is 1. The number of carbonyl (C=O) groups is 1. The summed E-state index contributed by atoms with van der Waals surface area (Å²) in [5, 5.41) is 4.26. The molecule has 0 radical (unpaired) electrons. The standard InChI is InChI=1S/C26H27N5O3/c1-30-11-10-19(16-30)31(2)26(32)18-8-9-23(33-3)20(12-18)28-25-15-27-14-21(29-25)24-13-17-6-4-5-7-22(17)34-24/h4-9,12-15,19H,10-11,16H2,1-3H3,(H,28,29). The number of carbonyl (C=O) groups excluding carboxylic acids is 1. The van der Waals surface area contributed by atoms with E-state index >= 15 is 0 Å². The summed E-state index contributed by atoms with van der Waals surface area (Å²) in [6, 6.07) is 15.3. The van der Waals surface area contributed by atoms with Crippen molar-refractivity contribution in [3.8, 4) is 17.2 Å². The van der Waals surface area contributed by atoms with E-state index in [1.54, 1.807) is 37.7 Å². The van der Waals surface area contributed by atoms with Crippen molar-refractivity contribution in [3.63, 3.8) is 0 Å². The molecule has 174 valence electrons. The number of amides is 1. The smallest absolute Gasteiger partial charge is 0.253 e. The number of nitrogens with zero attached hydrogens (tertiary/aromatic N) is 4. The highest BCUT2D eigenvalue weighted by Gasteiger charge is 2.27. The first-order valence-corrected chi connectivity index (χ1v) is 11.2. The Kier molecular flexibility index (Phi) is 5.90. The molecule has 5 rings (SSSR count). The van der Waals surface area contributed by atoms with Gasteiger partial charge in [-0.3, -0.25) is 9.78 Å². The highest BCUT2D eigenvalue weighted by Crippen LogP contribution is 2.31. The van der Waals surface area contributed by atoms with E-state index in [0.717, 1.165) is 30.5 Å². The molecule has 8 heteroatoms. The number of ether oxygens (including phenoxy) is 1. The van der Waals surface area contributed by atoms with Crippen LogP contribution in [0.5, 0.6) is 5.75 Å². The minimum Gasteiger partial charge on any atom is -0.495 e. The Morgan fingerprint density at radius 1 is 1.21 bits per heavy atom. The number of methoxy groups -OCH3 is 1. The molecule has 1 atom stereocenters. The van der Waals surface area contributed by atoms with Gasteiger partial charge in [-0.15, -0.1) is 0 Å². The first-order valence-electron chi connectivity index (χ1n) is 11.2. The molecule has 0 saturated carbocycles. The fourth-order valence-electron chi connectivity index (χ4n) is 4.33. The summed E-state index contributed by atoms with van der Waals surface area (Å²) >= 11 is 0. The molecule has 1 unspecified atom stereocenters. The van der Waals surface area contributed by atoms with Crippen molar-refractivity contribution < 1.29 is 13.9 Å². The molecule has 0 bridgehead atoms. The zero-order valence-corrected chi connectivity index (χ0v) is 19.5. The second-order valence-electron chi connectivity index (χ2n) is 8.60. The number of aromatic nitrogens is 2. The molecule has 1 amide bonds. The van der Waals surface area contributed by atoms with Crippen molar-refractivity contribution in [2.75, 3.05) is 39.6 Å². The quantitative estimate of drug-likeness (QED) is 0.459. The lowest BCUT2D eigenvalue weighted by molar-refractivity contribution is 0.0737. The van der Waals surface area contributed by atoms with Crippen LogP contribution in [0.3, 0.4) is 0 Å². The van der Waals surface area contributed by atoms with Crippen molar-refractivity contribution >= 4 is 28.4 Å². The van der Waals surface area contributed by atoms with Gasteiger partial charge in [0.2, 0.25) is 0 Å². The Morgan fingerprint density at radius 3 is 2.82 bits per heavy atom. The van der Waals surface area contributed by atoms with E-state index in [2.05, 4.69) is 27.2 Å². The van der Waals surface area contributed by atoms with Gasteiger partial charge in [-0.05, 0) is 50.3 Å². The summed E-state index contributed by atoms with van der Waals surface area (Å²) in [7, 11) is 5.54. The van der Waals surface area contributed by atoms with E-state index in [0.29, 0.717) is 34.3 Å². The minimum atomic E-state index is -0.0203. The van der Waals surface area contributed by atoms with Gasteiger partial charge in [-0.2, -0.15) is 0 Å². The monoisotopic (exact) mass is 457 g/mol. The molecule has 0 aliphatic carbocycles. The minimum absolute atomic E-state index is 0.0203. The van der Waals surface area contributed by atoms with Gasteiger partial charge in [0.05, 0.1) is 25.2 Å². The van der Waals surface area contributed by atoms with Crippen LogP contribution >= 0.6 is 0 Å². The van der Waals surface area contributed by atoms with Crippen LogP contribution in [0.25, 0.3) is 22.4 Å². The molecule has 34 heavy (non-hydrogen) atoms. The van der Waals surface area contributed by atoms with Crippen molar-refractivity contribution in [2.24, 2.45) is 0 Å². The second-order valence-corrected chi connectivity index (χ2v) is 8.60. The third-order valence-electron chi connectivity index (χ3n) is 6.26. The van der Waals surface area contributed by atoms with E-state index in [1.165, 1.54) is 0 Å². The summed E-state index contributed by atoms with van der Waals surface area (Å²) in [6.45, 7) is 1.88. The number of para-hydroxylation sites is 1. The number of likely N-dealkylation sites (N-methyl/N-ethyl adjacent to an activating group) is 2. The van der Waals surface area contributed by atoms with Gasteiger partial charge in [-0.25, -0.2) is 4.98 Å². The number of anilines is 2. The Balaban J connectivity index is 1.40. The molecule has 0 spiro atoms. The van der Waals surface area contributed by atoms with Crippen LogP contribution in [0.1, 0.15) is 16.8 Å². The van der Waals surface area contributed by atoms with E-state index < -0.39 is 0 Å². The van der Waals surface area contributed by atoms with Gasteiger partial charge in [0.25, 0.3) is 5.91 Å². The molecule has 1 saturated heterocycles. The third-order valence-corrected chi connectivity index (χ3v) is 6.26. The molecule has 4 aromatic rings. The molecule has 2 aromatic carbocycles. The van der Waals surface area contributed by atoms with Crippen molar-refractivity contribution in [3.05, 3.63) is 66.5 Å². The summed E-state index contributed by atoms with van der Waals surface area (Å²) < 4.78 is 11.4. The number of benzene rings is 2. The lowest BCUT2D eigenvalue weighted by atomic mass is 10.1. The zero-order chi connectivity index (χ0) is 23.7. The number of hydrogen-bond acceptors (Lipinski definition) is 7. The van der Waals surface area contributed by atoms with Gasteiger partial charge < -0.3 is 24.3 Å². The lowest BCUT2D eigenvalue weighted by Gasteiger charge is -2.25. The van der Waals surface area contributed by atoms with Crippen LogP contribution in [0.4, 0.5) is 11.5 Å². The van der Waals surface area contributed by atoms with Gasteiger partial charge in [0.15, 0.2) is 5.76 Å². The number of fused-ring (bicyclic) bond motifs is 1. The average Bonchev–Trinajstić information content (AvgIpc) is 3.49. The molecule has 1 aliphatic heterocycles. The number of likely N-dealkylation sites (tertiary alicyclic amines) is 1. The molecule has 2 aromatic heterocycles. The van der Waals surface area contributed by atoms with Gasteiger partial charge in [0.1, 0.15) is 22.8 Å². The lowest BCUT2D eigenvalue weighted by Crippen LogP contribution is -2.38. The average molecular weight is 458 g/mol. The molecule has 1 fully saturated rings. The van der Waals surface area contributed by atoms with Crippen LogP contribution in [-0.2, 0) is 0 Å². The van der Waals surface area contributed by atoms with Crippen molar-refractivity contribution in [1.29, 1.82) is 0 Å². The van der Waals surface area contributed by atoms with Crippen molar-refractivity contribution in [1.82, 2.24) is 19.8 Å². The third kappa shape index (κ3) is 4.32. The van der Waals surface area contributed by atoms with Crippen LogP contribution < -0.4 is 10.1 Å². The highest BCUT2D eigenvalue weighted by atomic mass is 16.5. The maximum atomic E-state index is 13.2. The molecular weight excluding hydrogens is 430 g/mol. The molecular formula is C26H27N5O3. The van der Waals surface area contributed by atoms with Crippen molar-refractivity contribution in [2.45, 2.75) is 12.5 Å². The number of hydrogen-bond donors (Lipinski definition) is 1. The number of nitrogens with one attached hydrogen (secondary N) is 1. The molecule has 1 aliphatic rings. The van der Waals surface area contributed by atoms with Crippen LogP contribution in [-0.4, -0.2) is 66.0 Å². The Hall–Kier alpha value is -3.91. The Morgan fingerprint density at radius 2 is 2.06 bits per heavy atom. The fraction of sp³-hybridized carbons (Fsp3) is 0.269. The largest absolute Gasteiger partial charge is 0.495 e. The van der Waals surface area contributed by atoms with Crippen LogP contribution in [0.15, 0.2) is 65.3 Å². The van der Waals surface area contributed by atoms with Gasteiger partial charge >= 0.3 is 0 Å². The van der Waals surface area contributed by atoms with E-state index in [-0.39, 0.29) is 11.9 Å². The first kappa shape index (κ1) is 21.9. The fourth-order valence-corrected chi connectivity index (χ4v) is 4.33. The topological polar surface area (TPSA) is 83.7 Å². The molecule has 8 nitrogen and oxygen atoms in total. The highest BCUT2D eigenvalue weighted by molar-refractivity contribution is 5.96. The van der Waals surface area contributed by atoms with Crippen LogP contribution in [0.2, 0.25) is 0 Å². The predicted octanol–water partition coefficient (Wildman–Crippen LogP) is 4.42. The van der Waals surface area contributed by atoms with E-state index in [1.807, 2.05) is 42.3 Å². The van der Waals surface area contributed by atoms with Gasteiger partial charge in [-0.1, -0.05) is 18.2 Å². The van der Waals surface area contributed by atoms with Crippen LogP contribution in [0, 0.1) is 0 Å². The number of rotatable bonds is 6. The van der Waals surface area contributed by atoms with E-state index in [4.69, 9.17) is 9.15 Å². The van der Waals surface area contributed by atoms with Gasteiger partial charge in [0, 0.05) is 30.6 Å². The zero-order valence-electron chi connectivity index (χ0n) is 19.5. The summed E-state index contributed by atoms with van der Waals surface area (Å²) in [5.41, 5.74) is 2.63. The summed E-state index contributed by atoms with van der Waals surface area (Å²) in [5.74, 6) is 1.74. The second kappa shape index (κ2) is 9.15. The van der Waals surface area contributed by atoms with E-state index in [9.17, 15) is 4.79 Å². The normalized spacial score (nSPS) is 16.0. The predicted molar refractivity (Wildman–Crippen MR) is 132 cm³/mol. The summed E-state index contributed by atoms with van der Waals surface area (Å²) in [4.78, 5) is 26.2.